The zero-order chi connectivity index (χ0) is 17.8. The van der Waals surface area contributed by atoms with Crippen LogP contribution in [-0.2, 0) is 20.8 Å². The van der Waals surface area contributed by atoms with E-state index in [1.54, 1.807) is 11.3 Å². The molecule has 144 valence electrons. The molecule has 1 unspecified atom stereocenters. The zero-order valence-electron chi connectivity index (χ0n) is 15.4. The molecule has 0 aliphatic carbocycles. The summed E-state index contributed by atoms with van der Waals surface area (Å²) in [6.45, 7) is 6.72. The van der Waals surface area contributed by atoms with Crippen molar-refractivity contribution in [3.8, 4) is 0 Å². The fourth-order valence-corrected chi connectivity index (χ4v) is 5.14. The van der Waals surface area contributed by atoms with Crippen molar-refractivity contribution in [2.45, 2.75) is 44.2 Å². The Labute approximate surface area is 159 Å². The van der Waals surface area contributed by atoms with Gasteiger partial charge in [0.05, 0.1) is 25.4 Å². The number of hydrogen-bond donors (Lipinski definition) is 0. The van der Waals surface area contributed by atoms with Crippen molar-refractivity contribution >= 4 is 17.2 Å². The highest BCUT2D eigenvalue weighted by molar-refractivity contribution is 7.09. The second kappa shape index (κ2) is 8.33. The molecule has 3 saturated heterocycles. The van der Waals surface area contributed by atoms with E-state index in [1.807, 2.05) is 16.5 Å². The van der Waals surface area contributed by atoms with Gasteiger partial charge in [-0.3, -0.25) is 9.69 Å². The largest absolute Gasteiger partial charge is 0.378 e. The van der Waals surface area contributed by atoms with E-state index in [9.17, 15) is 4.79 Å². The lowest BCUT2D eigenvalue weighted by atomic mass is 9.78. The van der Waals surface area contributed by atoms with Gasteiger partial charge in [-0.05, 0) is 31.6 Å². The summed E-state index contributed by atoms with van der Waals surface area (Å²) in [5.74, 6) is 0.765. The van der Waals surface area contributed by atoms with Gasteiger partial charge in [0.1, 0.15) is 5.01 Å². The van der Waals surface area contributed by atoms with Crippen LogP contribution in [0.15, 0.2) is 11.6 Å². The van der Waals surface area contributed by atoms with Gasteiger partial charge in [0.25, 0.3) is 0 Å². The summed E-state index contributed by atoms with van der Waals surface area (Å²) in [6, 6.07) is 0. The van der Waals surface area contributed by atoms with Gasteiger partial charge in [-0.25, -0.2) is 4.98 Å². The lowest BCUT2D eigenvalue weighted by Gasteiger charge is -2.46. The Balaban J connectivity index is 1.27. The van der Waals surface area contributed by atoms with Gasteiger partial charge in [0, 0.05) is 50.8 Å². The molecule has 7 heteroatoms. The molecular weight excluding hydrogens is 350 g/mol. The predicted molar refractivity (Wildman–Crippen MR) is 100 cm³/mol. The number of carbonyl (C=O) groups excluding carboxylic acids is 1. The Morgan fingerprint density at radius 1 is 1.23 bits per heavy atom. The van der Waals surface area contributed by atoms with E-state index in [1.165, 1.54) is 5.01 Å². The molecule has 0 aromatic carbocycles. The molecule has 1 spiro atoms. The maximum Gasteiger partial charge on any atom is 0.223 e. The number of nitrogens with zero attached hydrogens (tertiary/aromatic N) is 3. The topological polar surface area (TPSA) is 54.9 Å². The van der Waals surface area contributed by atoms with Crippen LogP contribution in [0.4, 0.5) is 0 Å². The third-order valence-electron chi connectivity index (χ3n) is 6.03. The van der Waals surface area contributed by atoms with E-state index in [2.05, 4.69) is 9.88 Å². The smallest absolute Gasteiger partial charge is 0.223 e. The molecule has 1 amide bonds. The summed E-state index contributed by atoms with van der Waals surface area (Å²) in [5, 5.41) is 3.24. The number of morpholine rings is 1. The number of carbonyl (C=O) groups is 1. The molecule has 6 nitrogen and oxygen atoms in total. The fraction of sp³-hybridized carbons (Fsp3) is 0.789. The van der Waals surface area contributed by atoms with Gasteiger partial charge >= 0.3 is 0 Å². The Kier molecular flexibility index (Phi) is 5.88. The second-order valence-corrected chi connectivity index (χ2v) is 8.77. The highest BCUT2D eigenvalue weighted by Crippen LogP contribution is 2.39. The number of amides is 1. The lowest BCUT2D eigenvalue weighted by molar-refractivity contribution is -0.145. The van der Waals surface area contributed by atoms with Crippen molar-refractivity contribution in [3.63, 3.8) is 0 Å². The van der Waals surface area contributed by atoms with Crippen molar-refractivity contribution in [3.05, 3.63) is 16.6 Å². The van der Waals surface area contributed by atoms with E-state index in [-0.39, 0.29) is 5.60 Å². The fourth-order valence-electron chi connectivity index (χ4n) is 4.48. The Hall–Kier alpha value is -1.02. The summed E-state index contributed by atoms with van der Waals surface area (Å²) >= 11 is 1.73. The standard InChI is InChI=1S/C19H29N3O3S/c23-18(22-7-10-24-11-8-22)13-16-1-9-25-19(14-16)2-5-21(6-3-19)15-17-20-4-12-26-17/h4,12,16H,1-3,5-11,13-15H2. The molecule has 0 radical (unpaired) electrons. The zero-order valence-corrected chi connectivity index (χ0v) is 16.2. The third kappa shape index (κ3) is 4.44. The highest BCUT2D eigenvalue weighted by atomic mass is 32.1. The molecule has 4 heterocycles. The first kappa shape index (κ1) is 18.3. The molecular formula is C19H29N3O3S. The summed E-state index contributed by atoms with van der Waals surface area (Å²) in [5.41, 5.74) is -0.00636. The molecule has 3 fully saturated rings. The normalized spacial score (nSPS) is 26.9. The van der Waals surface area contributed by atoms with Crippen molar-refractivity contribution < 1.29 is 14.3 Å². The van der Waals surface area contributed by atoms with Crippen molar-refractivity contribution in [1.29, 1.82) is 0 Å². The van der Waals surface area contributed by atoms with Gasteiger partial charge in [0.15, 0.2) is 0 Å². The van der Waals surface area contributed by atoms with Crippen LogP contribution in [-0.4, -0.2) is 72.3 Å². The maximum atomic E-state index is 12.6. The minimum absolute atomic E-state index is 0.00636. The monoisotopic (exact) mass is 379 g/mol. The molecule has 1 aromatic rings. The molecule has 3 aliphatic heterocycles. The molecule has 0 saturated carbocycles. The van der Waals surface area contributed by atoms with E-state index < -0.39 is 0 Å². The van der Waals surface area contributed by atoms with Crippen molar-refractivity contribution in [2.75, 3.05) is 46.0 Å². The van der Waals surface area contributed by atoms with Crippen LogP contribution >= 0.6 is 11.3 Å². The first-order valence-corrected chi connectivity index (χ1v) is 10.7. The number of piperidine rings is 1. The number of ether oxygens (including phenoxy) is 2. The van der Waals surface area contributed by atoms with Crippen LogP contribution in [0.25, 0.3) is 0 Å². The average Bonchev–Trinajstić information content (AvgIpc) is 3.18. The van der Waals surface area contributed by atoms with Crippen molar-refractivity contribution in [1.82, 2.24) is 14.8 Å². The minimum Gasteiger partial charge on any atom is -0.378 e. The van der Waals surface area contributed by atoms with Crippen LogP contribution < -0.4 is 0 Å². The van der Waals surface area contributed by atoms with Gasteiger partial charge in [-0.15, -0.1) is 11.3 Å². The molecule has 0 bridgehead atoms. The van der Waals surface area contributed by atoms with Gasteiger partial charge < -0.3 is 14.4 Å². The minimum atomic E-state index is -0.00636. The Morgan fingerprint density at radius 2 is 2.04 bits per heavy atom. The quantitative estimate of drug-likeness (QED) is 0.802. The lowest BCUT2D eigenvalue weighted by Crippen LogP contribution is -2.50. The van der Waals surface area contributed by atoms with Crippen LogP contribution in [0.5, 0.6) is 0 Å². The van der Waals surface area contributed by atoms with Crippen molar-refractivity contribution in [2.24, 2.45) is 5.92 Å². The molecule has 4 rings (SSSR count). The Bertz CT molecular complexity index is 581. The maximum absolute atomic E-state index is 12.6. The van der Waals surface area contributed by atoms with Gasteiger partial charge in [-0.1, -0.05) is 0 Å². The second-order valence-electron chi connectivity index (χ2n) is 7.79. The van der Waals surface area contributed by atoms with Crippen LogP contribution in [0.1, 0.15) is 37.1 Å². The van der Waals surface area contributed by atoms with Crippen LogP contribution in [0.2, 0.25) is 0 Å². The third-order valence-corrected chi connectivity index (χ3v) is 6.80. The van der Waals surface area contributed by atoms with Gasteiger partial charge in [-0.2, -0.15) is 0 Å². The highest BCUT2D eigenvalue weighted by Gasteiger charge is 2.41. The Morgan fingerprint density at radius 3 is 2.77 bits per heavy atom. The summed E-state index contributed by atoms with van der Waals surface area (Å²) in [4.78, 5) is 21.4. The SMILES string of the molecule is O=C(CC1CCOC2(CCN(Cc3nccs3)CC2)C1)N1CCOCC1. The molecule has 26 heavy (non-hydrogen) atoms. The predicted octanol–water partition coefficient (Wildman–Crippen LogP) is 2.15. The average molecular weight is 380 g/mol. The van der Waals surface area contributed by atoms with E-state index in [4.69, 9.17) is 9.47 Å². The van der Waals surface area contributed by atoms with Gasteiger partial charge in [0.2, 0.25) is 5.91 Å². The number of rotatable bonds is 4. The molecule has 1 atom stereocenters. The molecule has 0 N–H and O–H groups in total. The summed E-state index contributed by atoms with van der Waals surface area (Å²) in [6.07, 6.45) is 6.75. The van der Waals surface area contributed by atoms with E-state index in [0.717, 1.165) is 65.0 Å². The van der Waals surface area contributed by atoms with E-state index >= 15 is 0 Å². The van der Waals surface area contributed by atoms with E-state index in [0.29, 0.717) is 31.5 Å². The molecule has 3 aliphatic rings. The number of hydrogen-bond acceptors (Lipinski definition) is 6. The number of likely N-dealkylation sites (tertiary alicyclic amines) is 1. The number of thiazole rings is 1. The van der Waals surface area contributed by atoms with Crippen LogP contribution in [0.3, 0.4) is 0 Å². The number of aromatic nitrogens is 1. The first-order chi connectivity index (χ1) is 12.7. The molecule has 1 aromatic heterocycles. The summed E-state index contributed by atoms with van der Waals surface area (Å²) in [7, 11) is 0. The van der Waals surface area contributed by atoms with Crippen LogP contribution in [0, 0.1) is 5.92 Å². The first-order valence-electron chi connectivity index (χ1n) is 9.83. The summed E-state index contributed by atoms with van der Waals surface area (Å²) < 4.78 is 11.6.